The van der Waals surface area contributed by atoms with Crippen molar-refractivity contribution >= 4 is 21.7 Å². The van der Waals surface area contributed by atoms with Crippen LogP contribution in [0.25, 0.3) is 11.4 Å². The number of aryl methyl sites for hydroxylation is 1. The topological polar surface area (TPSA) is 61.0 Å². The summed E-state index contributed by atoms with van der Waals surface area (Å²) in [4.78, 5) is 8.69. The fraction of sp³-hybridized carbons (Fsp3) is 0.286. The highest BCUT2D eigenvalue weighted by atomic mass is 79.9. The van der Waals surface area contributed by atoms with Gasteiger partial charge in [0.15, 0.2) is 5.82 Å². The molecule has 0 saturated heterocycles. The van der Waals surface area contributed by atoms with Crippen LogP contribution in [-0.4, -0.2) is 16.6 Å². The summed E-state index contributed by atoms with van der Waals surface area (Å²) >= 11 is 3.36. The summed E-state index contributed by atoms with van der Waals surface area (Å²) in [6.45, 7) is 4.69. The van der Waals surface area contributed by atoms with Crippen molar-refractivity contribution < 1.29 is 4.74 Å². The predicted molar refractivity (Wildman–Crippen MR) is 80.1 cm³/mol. The lowest BCUT2D eigenvalue weighted by molar-refractivity contribution is 0.317. The normalized spacial score (nSPS) is 10.5. The molecule has 1 heterocycles. The fourth-order valence-corrected chi connectivity index (χ4v) is 1.81. The van der Waals surface area contributed by atoms with Gasteiger partial charge < -0.3 is 10.5 Å². The molecule has 5 heteroatoms. The first-order chi connectivity index (χ1) is 9.11. The number of halogens is 1. The Kier molecular flexibility index (Phi) is 4.37. The van der Waals surface area contributed by atoms with Gasteiger partial charge in [-0.1, -0.05) is 6.92 Å². The van der Waals surface area contributed by atoms with E-state index in [0.717, 1.165) is 34.5 Å². The van der Waals surface area contributed by atoms with Crippen LogP contribution in [0.5, 0.6) is 5.75 Å². The Hall–Kier alpha value is -1.62. The molecule has 0 amide bonds. The zero-order chi connectivity index (χ0) is 13.8. The van der Waals surface area contributed by atoms with E-state index in [1.807, 2.05) is 31.2 Å². The predicted octanol–water partition coefficient (Wildman–Crippen LogP) is 3.59. The summed E-state index contributed by atoms with van der Waals surface area (Å²) < 4.78 is 6.29. The zero-order valence-electron chi connectivity index (χ0n) is 11.0. The van der Waals surface area contributed by atoms with Gasteiger partial charge in [-0.15, -0.1) is 0 Å². The first-order valence-corrected chi connectivity index (χ1v) is 6.94. The minimum atomic E-state index is 0.453. The maximum absolute atomic E-state index is 5.83. The van der Waals surface area contributed by atoms with Crippen molar-refractivity contribution in [2.75, 3.05) is 12.3 Å². The highest BCUT2D eigenvalue weighted by Gasteiger charge is 2.08. The molecule has 0 atom stereocenters. The minimum Gasteiger partial charge on any atom is -0.494 e. The van der Waals surface area contributed by atoms with Crippen molar-refractivity contribution in [3.05, 3.63) is 34.4 Å². The van der Waals surface area contributed by atoms with Crippen LogP contribution in [0.2, 0.25) is 0 Å². The largest absolute Gasteiger partial charge is 0.494 e. The number of anilines is 1. The van der Waals surface area contributed by atoms with Gasteiger partial charge in [-0.05, 0) is 53.5 Å². The van der Waals surface area contributed by atoms with E-state index in [-0.39, 0.29) is 0 Å². The van der Waals surface area contributed by atoms with Crippen LogP contribution in [-0.2, 0) is 0 Å². The van der Waals surface area contributed by atoms with Crippen molar-refractivity contribution in [2.24, 2.45) is 0 Å². The summed E-state index contributed by atoms with van der Waals surface area (Å²) in [6, 6.07) is 7.71. The molecule has 0 saturated carbocycles. The Morgan fingerprint density at radius 1 is 1.21 bits per heavy atom. The monoisotopic (exact) mass is 321 g/mol. The Labute approximate surface area is 121 Å². The van der Waals surface area contributed by atoms with Crippen LogP contribution in [0.15, 0.2) is 28.7 Å². The van der Waals surface area contributed by atoms with E-state index in [1.54, 1.807) is 0 Å². The molecule has 100 valence electrons. The first-order valence-electron chi connectivity index (χ1n) is 6.14. The Balaban J connectivity index is 2.27. The second-order valence-electron chi connectivity index (χ2n) is 4.20. The van der Waals surface area contributed by atoms with Gasteiger partial charge in [0.2, 0.25) is 0 Å². The van der Waals surface area contributed by atoms with E-state index >= 15 is 0 Å². The van der Waals surface area contributed by atoms with Crippen LogP contribution < -0.4 is 10.5 Å². The molecule has 2 aromatic rings. The van der Waals surface area contributed by atoms with Gasteiger partial charge in [-0.3, -0.25) is 0 Å². The quantitative estimate of drug-likeness (QED) is 0.934. The molecule has 1 aromatic heterocycles. The van der Waals surface area contributed by atoms with Crippen molar-refractivity contribution in [2.45, 2.75) is 20.3 Å². The van der Waals surface area contributed by atoms with E-state index in [2.05, 4.69) is 32.8 Å². The molecule has 2 N–H and O–H groups in total. The molecular weight excluding hydrogens is 306 g/mol. The standard InChI is InChI=1S/C14H16BrN3O/c1-3-8-19-11-6-4-10(5-7-11)14-17-9(2)12(15)13(16)18-14/h4-7H,3,8H2,1-2H3,(H2,16,17,18). The molecule has 2 rings (SSSR count). The molecule has 0 unspecified atom stereocenters. The highest BCUT2D eigenvalue weighted by Crippen LogP contribution is 2.25. The van der Waals surface area contributed by atoms with Crippen molar-refractivity contribution in [3.8, 4) is 17.1 Å². The Morgan fingerprint density at radius 3 is 2.47 bits per heavy atom. The van der Waals surface area contributed by atoms with Gasteiger partial charge >= 0.3 is 0 Å². The molecule has 19 heavy (non-hydrogen) atoms. The number of nitrogens with zero attached hydrogens (tertiary/aromatic N) is 2. The minimum absolute atomic E-state index is 0.453. The second-order valence-corrected chi connectivity index (χ2v) is 5.00. The van der Waals surface area contributed by atoms with Crippen LogP contribution in [0.4, 0.5) is 5.82 Å². The summed E-state index contributed by atoms with van der Waals surface area (Å²) in [7, 11) is 0. The maximum atomic E-state index is 5.83. The molecule has 0 aliphatic carbocycles. The van der Waals surface area contributed by atoms with Crippen LogP contribution in [0.1, 0.15) is 19.0 Å². The van der Waals surface area contributed by atoms with Gasteiger partial charge in [-0.25, -0.2) is 9.97 Å². The van der Waals surface area contributed by atoms with E-state index < -0.39 is 0 Å². The van der Waals surface area contributed by atoms with Gasteiger partial charge in [0.1, 0.15) is 11.6 Å². The number of aromatic nitrogens is 2. The van der Waals surface area contributed by atoms with Crippen LogP contribution in [0, 0.1) is 6.92 Å². The fourth-order valence-electron chi connectivity index (χ4n) is 1.63. The van der Waals surface area contributed by atoms with Gasteiger partial charge in [0, 0.05) is 5.56 Å². The lowest BCUT2D eigenvalue weighted by Gasteiger charge is -2.07. The van der Waals surface area contributed by atoms with E-state index in [9.17, 15) is 0 Å². The number of nitrogen functional groups attached to an aromatic ring is 1. The second kappa shape index (κ2) is 6.02. The van der Waals surface area contributed by atoms with Gasteiger partial charge in [0.05, 0.1) is 16.8 Å². The maximum Gasteiger partial charge on any atom is 0.161 e. The number of rotatable bonds is 4. The summed E-state index contributed by atoms with van der Waals surface area (Å²) in [5, 5.41) is 0. The SMILES string of the molecule is CCCOc1ccc(-c2nc(C)c(Br)c(N)n2)cc1. The molecule has 0 aliphatic heterocycles. The summed E-state index contributed by atoms with van der Waals surface area (Å²) in [5.41, 5.74) is 7.58. The molecule has 4 nitrogen and oxygen atoms in total. The lowest BCUT2D eigenvalue weighted by Crippen LogP contribution is -2.00. The molecule has 1 aromatic carbocycles. The van der Waals surface area contributed by atoms with Crippen LogP contribution >= 0.6 is 15.9 Å². The summed E-state index contributed by atoms with van der Waals surface area (Å²) in [6.07, 6.45) is 0.993. The van der Waals surface area contributed by atoms with Gasteiger partial charge in [-0.2, -0.15) is 0 Å². The molecule has 0 spiro atoms. The molecular formula is C14H16BrN3O. The van der Waals surface area contributed by atoms with Crippen LogP contribution in [0.3, 0.4) is 0 Å². The average molecular weight is 322 g/mol. The number of hydrogen-bond acceptors (Lipinski definition) is 4. The average Bonchev–Trinajstić information content (AvgIpc) is 2.42. The van der Waals surface area contributed by atoms with Crippen molar-refractivity contribution in [3.63, 3.8) is 0 Å². The third kappa shape index (κ3) is 3.23. The third-order valence-electron chi connectivity index (χ3n) is 2.63. The summed E-state index contributed by atoms with van der Waals surface area (Å²) in [5.74, 6) is 1.93. The van der Waals surface area contributed by atoms with Crippen molar-refractivity contribution in [1.82, 2.24) is 9.97 Å². The Bertz CT molecular complexity index is 546. The smallest absolute Gasteiger partial charge is 0.161 e. The van der Waals surface area contributed by atoms with E-state index in [1.165, 1.54) is 0 Å². The number of nitrogens with two attached hydrogens (primary N) is 1. The van der Waals surface area contributed by atoms with E-state index in [0.29, 0.717) is 11.6 Å². The number of hydrogen-bond donors (Lipinski definition) is 1. The number of benzene rings is 1. The van der Waals surface area contributed by atoms with E-state index in [4.69, 9.17) is 10.5 Å². The highest BCUT2D eigenvalue weighted by molar-refractivity contribution is 9.10. The zero-order valence-corrected chi connectivity index (χ0v) is 12.6. The lowest BCUT2D eigenvalue weighted by atomic mass is 10.2. The van der Waals surface area contributed by atoms with Gasteiger partial charge in [0.25, 0.3) is 0 Å². The third-order valence-corrected chi connectivity index (χ3v) is 3.61. The molecule has 0 fully saturated rings. The first kappa shape index (κ1) is 13.8. The van der Waals surface area contributed by atoms with Crippen molar-refractivity contribution in [1.29, 1.82) is 0 Å². The Morgan fingerprint density at radius 2 is 1.89 bits per heavy atom. The molecule has 0 bridgehead atoms. The molecule has 0 radical (unpaired) electrons. The molecule has 0 aliphatic rings. The number of ether oxygens (including phenoxy) is 1.